The third-order valence-corrected chi connectivity index (χ3v) is 1.91. The van der Waals surface area contributed by atoms with E-state index in [4.69, 9.17) is 11.6 Å². The molecule has 0 aromatic heterocycles. The maximum Gasteiger partial charge on any atom is 0.0903 e. The molecule has 0 amide bonds. The summed E-state index contributed by atoms with van der Waals surface area (Å²) in [6.07, 6.45) is 1.22. The summed E-state index contributed by atoms with van der Waals surface area (Å²) in [6, 6.07) is 0. The van der Waals surface area contributed by atoms with Crippen molar-refractivity contribution < 1.29 is 0 Å². The van der Waals surface area contributed by atoms with Crippen LogP contribution in [0.4, 0.5) is 0 Å². The predicted octanol–water partition coefficient (Wildman–Crippen LogP) is 2.31. The standard InChI is InChI=1S/C6H9Cl/c1-6(2)3-5(6)4-7/h5H,3H2,1-2H3. The highest BCUT2D eigenvalue weighted by atomic mass is 35.5. The van der Waals surface area contributed by atoms with Gasteiger partial charge >= 0.3 is 0 Å². The van der Waals surface area contributed by atoms with Crippen molar-refractivity contribution in [3.63, 3.8) is 0 Å². The first-order valence-corrected chi connectivity index (χ1v) is 2.91. The largest absolute Gasteiger partial charge is 0.115 e. The second kappa shape index (κ2) is 1.38. The van der Waals surface area contributed by atoms with Gasteiger partial charge in [-0.1, -0.05) is 13.8 Å². The molecule has 1 unspecified atom stereocenters. The van der Waals surface area contributed by atoms with Crippen LogP contribution in [0.3, 0.4) is 0 Å². The Morgan fingerprint density at radius 2 is 2.14 bits per heavy atom. The Bertz CT molecular complexity index is 76.2. The fourth-order valence-corrected chi connectivity index (χ4v) is 1.03. The summed E-state index contributed by atoms with van der Waals surface area (Å²) in [4.78, 5) is 0. The number of halogens is 1. The third-order valence-electron chi connectivity index (χ3n) is 1.65. The molecule has 1 rings (SSSR count). The van der Waals surface area contributed by atoms with Crippen molar-refractivity contribution in [2.45, 2.75) is 20.3 Å². The van der Waals surface area contributed by atoms with E-state index in [1.54, 1.807) is 0 Å². The van der Waals surface area contributed by atoms with E-state index in [9.17, 15) is 0 Å². The Hall–Kier alpha value is 0.290. The summed E-state index contributed by atoms with van der Waals surface area (Å²) >= 11 is 5.33. The molecule has 0 heterocycles. The normalized spacial score (nSPS) is 35.6. The van der Waals surface area contributed by atoms with Crippen molar-refractivity contribution in [3.05, 3.63) is 5.88 Å². The first-order chi connectivity index (χ1) is 3.17. The lowest BCUT2D eigenvalue weighted by Gasteiger charge is -1.93. The van der Waals surface area contributed by atoms with Crippen molar-refractivity contribution in [3.8, 4) is 0 Å². The summed E-state index contributed by atoms with van der Waals surface area (Å²) in [5.74, 6) is 3.27. The van der Waals surface area contributed by atoms with Crippen LogP contribution in [0.25, 0.3) is 0 Å². The van der Waals surface area contributed by atoms with Gasteiger partial charge < -0.3 is 0 Å². The van der Waals surface area contributed by atoms with E-state index in [1.807, 2.05) is 0 Å². The zero-order chi connectivity index (χ0) is 5.49. The van der Waals surface area contributed by atoms with Crippen molar-refractivity contribution >= 4 is 11.6 Å². The molecule has 0 aliphatic heterocycles. The van der Waals surface area contributed by atoms with Gasteiger partial charge in [-0.15, -0.1) is 11.6 Å². The molecule has 1 saturated carbocycles. The Morgan fingerprint density at radius 1 is 1.71 bits per heavy atom. The smallest absolute Gasteiger partial charge is 0.0903 e. The van der Waals surface area contributed by atoms with Crippen molar-refractivity contribution in [1.82, 2.24) is 0 Å². The van der Waals surface area contributed by atoms with Crippen LogP contribution in [-0.4, -0.2) is 0 Å². The number of hydrogen-bond acceptors (Lipinski definition) is 0. The molecule has 2 radical (unpaired) electrons. The predicted molar refractivity (Wildman–Crippen MR) is 31.0 cm³/mol. The van der Waals surface area contributed by atoms with Gasteiger partial charge in [0.15, 0.2) is 0 Å². The fourth-order valence-electron chi connectivity index (χ4n) is 0.653. The fraction of sp³-hybridized carbons (Fsp3) is 0.833. The van der Waals surface area contributed by atoms with Crippen LogP contribution in [0.5, 0.6) is 0 Å². The van der Waals surface area contributed by atoms with Gasteiger partial charge in [0.2, 0.25) is 0 Å². The average Bonchev–Trinajstić information content (AvgIpc) is 2.13. The first-order valence-electron chi connectivity index (χ1n) is 2.53. The lowest BCUT2D eigenvalue weighted by molar-refractivity contribution is 0.604. The minimum Gasteiger partial charge on any atom is -0.115 e. The van der Waals surface area contributed by atoms with Gasteiger partial charge in [0.1, 0.15) is 0 Å². The molecule has 0 N–H and O–H groups in total. The molecule has 1 heteroatoms. The topological polar surface area (TPSA) is 0 Å². The van der Waals surface area contributed by atoms with Crippen LogP contribution in [0, 0.1) is 17.2 Å². The van der Waals surface area contributed by atoms with Gasteiger partial charge in [0, 0.05) is 0 Å². The lowest BCUT2D eigenvalue weighted by Crippen LogP contribution is -1.85. The summed E-state index contributed by atoms with van der Waals surface area (Å²) in [5, 5.41) is 0. The highest BCUT2D eigenvalue weighted by Crippen LogP contribution is 2.53. The second-order valence-corrected chi connectivity index (χ2v) is 3.07. The molecule has 1 atom stereocenters. The molecule has 0 bridgehead atoms. The molecule has 1 fully saturated rings. The molecular weight excluding hydrogens is 108 g/mol. The molecule has 0 nitrogen and oxygen atoms in total. The van der Waals surface area contributed by atoms with E-state index in [-0.39, 0.29) is 0 Å². The maximum absolute atomic E-state index is 5.33. The van der Waals surface area contributed by atoms with E-state index in [2.05, 4.69) is 19.7 Å². The Kier molecular flexibility index (Phi) is 1.07. The summed E-state index contributed by atoms with van der Waals surface area (Å²) in [5.41, 5.74) is 0.474. The first kappa shape index (κ1) is 5.43. The monoisotopic (exact) mass is 116 g/mol. The van der Waals surface area contributed by atoms with E-state index in [0.717, 1.165) is 0 Å². The number of rotatable bonds is 1. The molecule has 1 aliphatic rings. The molecule has 0 aromatic rings. The van der Waals surface area contributed by atoms with Crippen molar-refractivity contribution in [2.75, 3.05) is 0 Å². The van der Waals surface area contributed by atoms with Crippen LogP contribution in [0.15, 0.2) is 0 Å². The van der Waals surface area contributed by atoms with Crippen LogP contribution < -0.4 is 0 Å². The molecule has 40 valence electrons. The average molecular weight is 117 g/mol. The lowest BCUT2D eigenvalue weighted by atomic mass is 10.1. The van der Waals surface area contributed by atoms with Gasteiger partial charge in [-0.2, -0.15) is 0 Å². The van der Waals surface area contributed by atoms with Crippen LogP contribution in [0.2, 0.25) is 0 Å². The third kappa shape index (κ3) is 0.908. The van der Waals surface area contributed by atoms with Crippen LogP contribution >= 0.6 is 11.6 Å². The molecular formula is C6H9Cl. The van der Waals surface area contributed by atoms with Crippen molar-refractivity contribution in [1.29, 1.82) is 0 Å². The van der Waals surface area contributed by atoms with E-state index < -0.39 is 0 Å². The van der Waals surface area contributed by atoms with Gasteiger partial charge in [0.25, 0.3) is 0 Å². The second-order valence-electron chi connectivity index (χ2n) is 2.85. The van der Waals surface area contributed by atoms with Gasteiger partial charge in [-0.25, -0.2) is 0 Å². The zero-order valence-corrected chi connectivity index (χ0v) is 5.42. The Balaban J connectivity index is 2.30. The van der Waals surface area contributed by atoms with Crippen molar-refractivity contribution in [2.24, 2.45) is 11.3 Å². The summed E-state index contributed by atoms with van der Waals surface area (Å²) in [6.45, 7) is 4.40. The Labute approximate surface area is 49.9 Å². The summed E-state index contributed by atoms with van der Waals surface area (Å²) in [7, 11) is 0. The van der Waals surface area contributed by atoms with Gasteiger partial charge in [0.05, 0.1) is 5.88 Å². The minimum absolute atomic E-state index is 0.474. The molecule has 1 aliphatic carbocycles. The van der Waals surface area contributed by atoms with Gasteiger partial charge in [-0.05, 0) is 17.8 Å². The maximum atomic E-state index is 5.33. The quantitative estimate of drug-likeness (QED) is 0.493. The highest BCUT2D eigenvalue weighted by Gasteiger charge is 2.45. The minimum atomic E-state index is 0.474. The Morgan fingerprint density at radius 3 is 2.14 bits per heavy atom. The molecule has 0 spiro atoms. The zero-order valence-electron chi connectivity index (χ0n) is 4.66. The van der Waals surface area contributed by atoms with E-state index in [1.165, 1.54) is 6.42 Å². The number of hydrogen-bond donors (Lipinski definition) is 0. The molecule has 0 saturated heterocycles. The van der Waals surface area contributed by atoms with E-state index >= 15 is 0 Å². The SMILES string of the molecule is CC1(C)CC1[C]Cl. The van der Waals surface area contributed by atoms with Crippen LogP contribution in [0.1, 0.15) is 20.3 Å². The van der Waals surface area contributed by atoms with Gasteiger partial charge in [-0.3, -0.25) is 0 Å². The highest BCUT2D eigenvalue weighted by molar-refractivity contribution is 6.23. The molecule has 0 aromatic carbocycles. The van der Waals surface area contributed by atoms with E-state index in [0.29, 0.717) is 11.3 Å². The van der Waals surface area contributed by atoms with Crippen LogP contribution in [-0.2, 0) is 0 Å². The summed E-state index contributed by atoms with van der Waals surface area (Å²) < 4.78 is 0. The molecule has 7 heavy (non-hydrogen) atoms.